The van der Waals surface area contributed by atoms with Crippen molar-refractivity contribution in [2.45, 2.75) is 39.7 Å². The van der Waals surface area contributed by atoms with Crippen LogP contribution >= 0.6 is 0 Å². The molecule has 1 aromatic carbocycles. The molecule has 0 atom stereocenters. The Balaban J connectivity index is 1.67. The molecule has 8 nitrogen and oxygen atoms in total. The molecule has 4 rings (SSSR count). The number of methoxy groups -OCH3 is 1. The quantitative estimate of drug-likeness (QED) is 0.485. The number of aryl methyl sites for hydroxylation is 2. The van der Waals surface area contributed by atoms with E-state index in [-0.39, 0.29) is 12.5 Å². The van der Waals surface area contributed by atoms with Crippen molar-refractivity contribution in [3.8, 4) is 17.2 Å². The van der Waals surface area contributed by atoms with Gasteiger partial charge in [0.2, 0.25) is 0 Å². The van der Waals surface area contributed by atoms with E-state index in [4.69, 9.17) is 9.72 Å². The topological polar surface area (TPSA) is 76.4 Å². The number of carbonyl (C=O) groups excluding carboxylic acids is 1. The third-order valence-electron chi connectivity index (χ3n) is 6.58. The Morgan fingerprint density at radius 2 is 1.85 bits per heavy atom. The maximum absolute atomic E-state index is 13.3. The lowest BCUT2D eigenvalue weighted by molar-refractivity contribution is 0.0774. The molecule has 0 fully saturated rings. The monoisotopic (exact) mass is 462 g/mol. The smallest absolute Gasteiger partial charge is 0.257 e. The Hall–Kier alpha value is -3.10. The Morgan fingerprint density at radius 3 is 2.62 bits per heavy atom. The molecule has 8 heteroatoms. The fourth-order valence-corrected chi connectivity index (χ4v) is 4.49. The van der Waals surface area contributed by atoms with Crippen molar-refractivity contribution >= 4 is 5.91 Å². The van der Waals surface area contributed by atoms with Gasteiger partial charge in [0.15, 0.2) is 0 Å². The van der Waals surface area contributed by atoms with Gasteiger partial charge in [-0.1, -0.05) is 38.1 Å². The van der Waals surface area contributed by atoms with Crippen LogP contribution in [-0.2, 0) is 24.2 Å². The van der Waals surface area contributed by atoms with E-state index in [1.165, 1.54) is 5.56 Å². The van der Waals surface area contributed by atoms with Crippen LogP contribution < -0.4 is 0 Å². The average Bonchev–Trinajstić information content (AvgIpc) is 3.18. The number of amides is 1. The molecule has 0 saturated carbocycles. The average molecular weight is 463 g/mol. The maximum Gasteiger partial charge on any atom is 0.257 e. The number of aromatic nitrogens is 4. The van der Waals surface area contributed by atoms with Crippen molar-refractivity contribution in [2.24, 2.45) is 0 Å². The van der Waals surface area contributed by atoms with Crippen LogP contribution in [0.2, 0.25) is 0 Å². The Bertz CT molecular complexity index is 1140. The summed E-state index contributed by atoms with van der Waals surface area (Å²) in [6.45, 7) is 7.90. The van der Waals surface area contributed by atoms with Crippen LogP contribution in [0, 0.1) is 0 Å². The van der Waals surface area contributed by atoms with Gasteiger partial charge in [-0.25, -0.2) is 9.97 Å². The summed E-state index contributed by atoms with van der Waals surface area (Å²) >= 11 is 0. The molecule has 0 spiro atoms. The first kappa shape index (κ1) is 24.0. The summed E-state index contributed by atoms with van der Waals surface area (Å²) in [5.41, 5.74) is 5.70. The molecular weight excluding hydrogens is 428 g/mol. The van der Waals surface area contributed by atoms with Crippen molar-refractivity contribution in [3.63, 3.8) is 0 Å². The Morgan fingerprint density at radius 1 is 1.09 bits per heavy atom. The fourth-order valence-electron chi connectivity index (χ4n) is 4.49. The Labute approximate surface area is 201 Å². The number of benzene rings is 1. The molecule has 0 unspecified atom stereocenters. The number of ether oxygens (including phenoxy) is 1. The molecule has 2 heterocycles. The number of hydrogen-bond acceptors (Lipinski definition) is 6. The maximum atomic E-state index is 13.3. The summed E-state index contributed by atoms with van der Waals surface area (Å²) in [6, 6.07) is 8.41. The molecule has 0 N–H and O–H groups in total. The van der Waals surface area contributed by atoms with Crippen LogP contribution in [0.4, 0.5) is 0 Å². The van der Waals surface area contributed by atoms with Crippen LogP contribution in [0.3, 0.4) is 0 Å². The molecule has 0 aliphatic heterocycles. The largest absolute Gasteiger partial charge is 0.378 e. The van der Waals surface area contributed by atoms with Gasteiger partial charge >= 0.3 is 0 Å². The van der Waals surface area contributed by atoms with Gasteiger partial charge in [0.05, 0.1) is 29.8 Å². The minimum absolute atomic E-state index is 0.0782. The lowest BCUT2D eigenvalue weighted by atomic mass is 10.0. The zero-order chi connectivity index (χ0) is 24.1. The van der Waals surface area contributed by atoms with E-state index in [2.05, 4.69) is 47.0 Å². The summed E-state index contributed by atoms with van der Waals surface area (Å²) in [5.74, 6) is 0.373. The van der Waals surface area contributed by atoms with Gasteiger partial charge in [-0.15, -0.1) is 0 Å². The molecular formula is C26H34N6O2. The zero-order valence-corrected chi connectivity index (χ0v) is 20.6. The van der Waals surface area contributed by atoms with Crippen molar-refractivity contribution < 1.29 is 9.53 Å². The van der Waals surface area contributed by atoms with E-state index in [1.54, 1.807) is 22.9 Å². The highest BCUT2D eigenvalue weighted by molar-refractivity contribution is 5.95. The molecule has 180 valence electrons. The Kier molecular flexibility index (Phi) is 7.70. The zero-order valence-electron chi connectivity index (χ0n) is 20.6. The van der Waals surface area contributed by atoms with E-state index in [0.717, 1.165) is 55.7 Å². The summed E-state index contributed by atoms with van der Waals surface area (Å²) < 4.78 is 7.09. The number of rotatable bonds is 9. The predicted octanol–water partition coefficient (Wildman–Crippen LogP) is 3.38. The molecule has 0 radical (unpaired) electrons. The highest BCUT2D eigenvalue weighted by Gasteiger charge is 2.24. The molecule has 2 aromatic heterocycles. The molecule has 0 bridgehead atoms. The van der Waals surface area contributed by atoms with E-state index in [9.17, 15) is 4.79 Å². The SMILES string of the molecule is CCN(CC)CCN(C)C(=O)c1cnn(-c2ncc3c(n2)-c2ccccc2CCC3)c1COC. The lowest BCUT2D eigenvalue weighted by Gasteiger charge is -2.23. The first-order valence-electron chi connectivity index (χ1n) is 12.1. The van der Waals surface area contributed by atoms with Gasteiger partial charge in [-0.05, 0) is 43.5 Å². The fraction of sp³-hybridized carbons (Fsp3) is 0.462. The third-order valence-corrected chi connectivity index (χ3v) is 6.58. The summed E-state index contributed by atoms with van der Waals surface area (Å²) in [5, 5.41) is 4.52. The molecule has 1 amide bonds. The van der Waals surface area contributed by atoms with E-state index >= 15 is 0 Å². The van der Waals surface area contributed by atoms with Crippen molar-refractivity contribution in [2.75, 3.05) is 40.3 Å². The predicted molar refractivity (Wildman–Crippen MR) is 132 cm³/mol. The van der Waals surface area contributed by atoms with Crippen LogP contribution in [0.5, 0.6) is 0 Å². The standard InChI is InChI=1S/C26H34N6O2/c1-5-31(6-2)15-14-30(3)25(33)22-17-28-32(23(22)18-34-4)26-27-16-20-12-9-11-19-10-7-8-13-21(19)24(20)29-26/h7-8,10,13,16-17H,5-6,9,11-12,14-15,18H2,1-4H3. The number of hydrogen-bond donors (Lipinski definition) is 0. The minimum atomic E-state index is -0.0782. The molecule has 0 saturated heterocycles. The van der Waals surface area contributed by atoms with E-state index in [0.29, 0.717) is 23.8 Å². The summed E-state index contributed by atoms with van der Waals surface area (Å²) in [6.07, 6.45) is 6.54. The van der Waals surface area contributed by atoms with Crippen molar-refractivity contribution in [3.05, 3.63) is 59.0 Å². The first-order chi connectivity index (χ1) is 16.6. The number of nitrogens with zero attached hydrogens (tertiary/aromatic N) is 6. The van der Waals surface area contributed by atoms with E-state index in [1.807, 2.05) is 19.3 Å². The van der Waals surface area contributed by atoms with Crippen LogP contribution in [0.25, 0.3) is 17.2 Å². The first-order valence-corrected chi connectivity index (χ1v) is 12.1. The van der Waals surface area contributed by atoms with E-state index < -0.39 is 0 Å². The van der Waals surface area contributed by atoms with Gasteiger partial charge in [0, 0.05) is 39.0 Å². The minimum Gasteiger partial charge on any atom is -0.378 e. The van der Waals surface area contributed by atoms with Gasteiger partial charge in [-0.2, -0.15) is 9.78 Å². The molecule has 3 aromatic rings. The number of likely N-dealkylation sites (N-methyl/N-ethyl adjacent to an activating group) is 2. The summed E-state index contributed by atoms with van der Waals surface area (Å²) in [4.78, 5) is 26.9. The summed E-state index contributed by atoms with van der Waals surface area (Å²) in [7, 11) is 3.44. The number of carbonyl (C=O) groups is 1. The van der Waals surface area contributed by atoms with Crippen LogP contribution in [-0.4, -0.2) is 75.8 Å². The second-order valence-corrected chi connectivity index (χ2v) is 8.66. The van der Waals surface area contributed by atoms with Crippen LogP contribution in [0.15, 0.2) is 36.7 Å². The second kappa shape index (κ2) is 10.9. The van der Waals surface area contributed by atoms with Gasteiger partial charge in [0.25, 0.3) is 11.9 Å². The third kappa shape index (κ3) is 4.88. The normalized spacial score (nSPS) is 12.9. The lowest BCUT2D eigenvalue weighted by Crippen LogP contribution is -2.36. The number of fused-ring (bicyclic) bond motifs is 3. The molecule has 1 aliphatic carbocycles. The second-order valence-electron chi connectivity index (χ2n) is 8.66. The van der Waals surface area contributed by atoms with Crippen LogP contribution in [0.1, 0.15) is 47.4 Å². The van der Waals surface area contributed by atoms with Gasteiger partial charge in [-0.3, -0.25) is 4.79 Å². The van der Waals surface area contributed by atoms with Crippen molar-refractivity contribution in [1.29, 1.82) is 0 Å². The molecule has 1 aliphatic rings. The van der Waals surface area contributed by atoms with Gasteiger partial charge < -0.3 is 14.5 Å². The van der Waals surface area contributed by atoms with Gasteiger partial charge in [0.1, 0.15) is 0 Å². The highest BCUT2D eigenvalue weighted by atomic mass is 16.5. The van der Waals surface area contributed by atoms with Crippen molar-refractivity contribution in [1.82, 2.24) is 29.5 Å². The highest BCUT2D eigenvalue weighted by Crippen LogP contribution is 2.31. The molecule has 34 heavy (non-hydrogen) atoms.